The lowest BCUT2D eigenvalue weighted by Gasteiger charge is -2.31. The Morgan fingerprint density at radius 1 is 1.31 bits per heavy atom. The molecule has 0 bridgehead atoms. The molecule has 6 nitrogen and oxygen atoms in total. The number of likely N-dealkylation sites (tertiary alicyclic amines) is 1. The zero-order valence-corrected chi connectivity index (χ0v) is 17.3. The van der Waals surface area contributed by atoms with Crippen molar-refractivity contribution in [2.75, 3.05) is 25.4 Å². The van der Waals surface area contributed by atoms with E-state index in [0.29, 0.717) is 48.7 Å². The minimum absolute atomic E-state index is 0.0266. The largest absolute Gasteiger partial charge is 0.449 e. The van der Waals surface area contributed by atoms with Crippen molar-refractivity contribution in [3.63, 3.8) is 0 Å². The number of ether oxygens (including phenoxy) is 1. The number of unbranched alkanes of at least 4 members (excludes halogenated alkanes) is 1. The highest BCUT2D eigenvalue weighted by Gasteiger charge is 2.26. The highest BCUT2D eigenvalue weighted by atomic mass is 32.1. The smallest absolute Gasteiger partial charge is 0.409 e. The standard InChI is InChI=1S/C21H26FN3O3S/c1-2-3-11-28-21(27)25-9-7-16(8-10-25)24-20(26)19-17(23)13-18(29-19)14-5-4-6-15(22)12-14/h4-6,12-13,16H,2-3,7-11,23H2,1H3,(H,24,26). The van der Waals surface area contributed by atoms with Gasteiger partial charge < -0.3 is 20.7 Å². The summed E-state index contributed by atoms with van der Waals surface area (Å²) in [5, 5.41) is 3.00. The molecule has 1 aliphatic rings. The molecule has 1 aromatic heterocycles. The third kappa shape index (κ3) is 5.47. The van der Waals surface area contributed by atoms with Crippen LogP contribution in [0.25, 0.3) is 10.4 Å². The van der Waals surface area contributed by atoms with Gasteiger partial charge in [0.25, 0.3) is 5.91 Å². The zero-order valence-electron chi connectivity index (χ0n) is 16.4. The Balaban J connectivity index is 1.54. The number of hydrogen-bond acceptors (Lipinski definition) is 5. The van der Waals surface area contributed by atoms with Gasteiger partial charge in [0.1, 0.15) is 10.7 Å². The molecule has 2 aromatic rings. The van der Waals surface area contributed by atoms with Crippen molar-refractivity contribution in [3.05, 3.63) is 41.0 Å². The third-order valence-corrected chi connectivity index (χ3v) is 6.09. The van der Waals surface area contributed by atoms with E-state index in [1.165, 1.54) is 23.5 Å². The van der Waals surface area contributed by atoms with Crippen molar-refractivity contribution in [1.82, 2.24) is 10.2 Å². The molecule has 0 spiro atoms. The fourth-order valence-electron chi connectivity index (χ4n) is 3.22. The molecular formula is C21H26FN3O3S. The molecule has 2 heterocycles. The third-order valence-electron chi connectivity index (χ3n) is 4.89. The number of nitrogens with two attached hydrogens (primary N) is 1. The van der Waals surface area contributed by atoms with Crippen LogP contribution in [-0.2, 0) is 4.74 Å². The van der Waals surface area contributed by atoms with Crippen molar-refractivity contribution < 1.29 is 18.7 Å². The number of nitrogens with zero attached hydrogens (tertiary/aromatic N) is 1. The summed E-state index contributed by atoms with van der Waals surface area (Å²) in [6, 6.07) is 7.87. The Kier molecular flexibility index (Phi) is 7.09. The lowest BCUT2D eigenvalue weighted by Crippen LogP contribution is -2.46. The number of halogens is 1. The molecule has 0 atom stereocenters. The monoisotopic (exact) mass is 419 g/mol. The minimum atomic E-state index is -0.333. The molecule has 1 aromatic carbocycles. The number of benzene rings is 1. The van der Waals surface area contributed by atoms with Crippen LogP contribution in [0.4, 0.5) is 14.9 Å². The number of carbonyl (C=O) groups is 2. The summed E-state index contributed by atoms with van der Waals surface area (Å²) in [5.41, 5.74) is 7.10. The fourth-order valence-corrected chi connectivity index (χ4v) is 4.20. The van der Waals surface area contributed by atoms with Gasteiger partial charge in [0.05, 0.1) is 12.3 Å². The zero-order chi connectivity index (χ0) is 20.8. The second-order valence-corrected chi connectivity index (χ2v) is 8.16. The molecule has 3 rings (SSSR count). The number of carbonyl (C=O) groups excluding carboxylic acids is 2. The molecule has 0 saturated carbocycles. The maximum absolute atomic E-state index is 13.5. The van der Waals surface area contributed by atoms with Crippen LogP contribution < -0.4 is 11.1 Å². The Bertz CT molecular complexity index is 863. The van der Waals surface area contributed by atoms with Gasteiger partial charge in [-0.05, 0) is 43.0 Å². The minimum Gasteiger partial charge on any atom is -0.449 e. The molecule has 1 aliphatic heterocycles. The predicted octanol–water partition coefficient (Wildman–Crippen LogP) is 4.27. The van der Waals surface area contributed by atoms with Crippen LogP contribution in [0.3, 0.4) is 0 Å². The summed E-state index contributed by atoms with van der Waals surface area (Å²) in [4.78, 5) is 27.5. The molecular weight excluding hydrogens is 393 g/mol. The van der Waals surface area contributed by atoms with E-state index in [-0.39, 0.29) is 23.9 Å². The van der Waals surface area contributed by atoms with Gasteiger partial charge in [-0.15, -0.1) is 11.3 Å². The highest BCUT2D eigenvalue weighted by Crippen LogP contribution is 2.33. The van der Waals surface area contributed by atoms with Crippen LogP contribution in [0.2, 0.25) is 0 Å². The molecule has 8 heteroatoms. The van der Waals surface area contributed by atoms with E-state index in [1.807, 2.05) is 6.92 Å². The second kappa shape index (κ2) is 9.73. The van der Waals surface area contributed by atoms with Crippen molar-refractivity contribution in [3.8, 4) is 10.4 Å². The van der Waals surface area contributed by atoms with E-state index in [2.05, 4.69) is 5.32 Å². The van der Waals surface area contributed by atoms with Crippen LogP contribution >= 0.6 is 11.3 Å². The first-order valence-corrected chi connectivity index (χ1v) is 10.7. The molecule has 1 saturated heterocycles. The van der Waals surface area contributed by atoms with E-state index in [4.69, 9.17) is 10.5 Å². The normalized spacial score (nSPS) is 14.6. The summed E-state index contributed by atoms with van der Waals surface area (Å²) in [7, 11) is 0. The summed E-state index contributed by atoms with van der Waals surface area (Å²) in [6.07, 6.45) is 2.88. The lowest BCUT2D eigenvalue weighted by atomic mass is 10.1. The number of thiophene rings is 1. The number of nitrogen functional groups attached to an aromatic ring is 1. The molecule has 0 radical (unpaired) electrons. The summed E-state index contributed by atoms with van der Waals surface area (Å²) in [6.45, 7) is 3.58. The first-order chi connectivity index (χ1) is 14.0. The number of hydrogen-bond donors (Lipinski definition) is 2. The van der Waals surface area contributed by atoms with Gasteiger partial charge in [0, 0.05) is 24.0 Å². The van der Waals surface area contributed by atoms with Crippen molar-refractivity contribution in [1.29, 1.82) is 0 Å². The number of amides is 2. The Labute approximate surface area is 173 Å². The first-order valence-electron chi connectivity index (χ1n) is 9.85. The maximum atomic E-state index is 13.5. The number of rotatable bonds is 6. The summed E-state index contributed by atoms with van der Waals surface area (Å²) < 4.78 is 18.7. The molecule has 0 unspecified atom stereocenters. The molecule has 156 valence electrons. The van der Waals surface area contributed by atoms with Crippen LogP contribution in [-0.4, -0.2) is 42.6 Å². The van der Waals surface area contributed by atoms with Crippen molar-refractivity contribution in [2.45, 2.75) is 38.6 Å². The molecule has 0 aliphatic carbocycles. The van der Waals surface area contributed by atoms with Crippen LogP contribution in [0, 0.1) is 5.82 Å². The Hall–Kier alpha value is -2.61. The van der Waals surface area contributed by atoms with E-state index < -0.39 is 0 Å². The highest BCUT2D eigenvalue weighted by molar-refractivity contribution is 7.18. The van der Waals surface area contributed by atoms with E-state index in [1.54, 1.807) is 23.1 Å². The number of anilines is 1. The first kappa shape index (κ1) is 21.1. The number of piperidine rings is 1. The topological polar surface area (TPSA) is 84.7 Å². The Morgan fingerprint density at radius 2 is 2.07 bits per heavy atom. The van der Waals surface area contributed by atoms with Gasteiger partial charge in [0.15, 0.2) is 0 Å². The quantitative estimate of drug-likeness (QED) is 0.685. The maximum Gasteiger partial charge on any atom is 0.409 e. The van der Waals surface area contributed by atoms with Crippen molar-refractivity contribution in [2.24, 2.45) is 0 Å². The molecule has 3 N–H and O–H groups in total. The van der Waals surface area contributed by atoms with E-state index in [0.717, 1.165) is 17.7 Å². The molecule has 2 amide bonds. The summed E-state index contributed by atoms with van der Waals surface area (Å²) in [5.74, 6) is -0.570. The van der Waals surface area contributed by atoms with E-state index in [9.17, 15) is 14.0 Å². The van der Waals surface area contributed by atoms with E-state index >= 15 is 0 Å². The second-order valence-electron chi connectivity index (χ2n) is 7.11. The van der Waals surface area contributed by atoms with Gasteiger partial charge in [-0.1, -0.05) is 25.5 Å². The predicted molar refractivity (Wildman–Crippen MR) is 112 cm³/mol. The average Bonchev–Trinajstić information content (AvgIpc) is 3.10. The van der Waals surface area contributed by atoms with Crippen LogP contribution in [0.5, 0.6) is 0 Å². The van der Waals surface area contributed by atoms with Gasteiger partial charge in [-0.2, -0.15) is 0 Å². The fraction of sp³-hybridized carbons (Fsp3) is 0.429. The molecule has 1 fully saturated rings. The van der Waals surface area contributed by atoms with Crippen LogP contribution in [0.1, 0.15) is 42.3 Å². The van der Waals surface area contributed by atoms with Crippen LogP contribution in [0.15, 0.2) is 30.3 Å². The van der Waals surface area contributed by atoms with Gasteiger partial charge >= 0.3 is 6.09 Å². The average molecular weight is 420 g/mol. The van der Waals surface area contributed by atoms with Gasteiger partial charge in [-0.3, -0.25) is 4.79 Å². The summed E-state index contributed by atoms with van der Waals surface area (Å²) >= 11 is 1.25. The molecule has 29 heavy (non-hydrogen) atoms. The lowest BCUT2D eigenvalue weighted by molar-refractivity contribution is 0.0839. The Morgan fingerprint density at radius 3 is 2.76 bits per heavy atom. The van der Waals surface area contributed by atoms with Gasteiger partial charge in [-0.25, -0.2) is 9.18 Å². The SMILES string of the molecule is CCCCOC(=O)N1CCC(NC(=O)c2sc(-c3cccc(F)c3)cc2N)CC1. The van der Waals surface area contributed by atoms with Gasteiger partial charge in [0.2, 0.25) is 0 Å². The van der Waals surface area contributed by atoms with Crippen molar-refractivity contribution >= 4 is 29.0 Å². The number of nitrogens with one attached hydrogen (secondary N) is 1.